The standard InChI is InChI=1S/C7H5NO3S.2C2H6/c8-5-6-1-3-7(4-2-6)12(9,10)11;2*1-2/h1-4H,(H,9,10,11);2*1-2H3. The lowest BCUT2D eigenvalue weighted by molar-refractivity contribution is 0.483. The second-order valence-electron chi connectivity index (χ2n) is 2.11. The van der Waals surface area contributed by atoms with Gasteiger partial charge >= 0.3 is 0 Å². The zero-order valence-electron chi connectivity index (χ0n) is 9.93. The lowest BCUT2D eigenvalue weighted by Crippen LogP contribution is -1.97. The lowest BCUT2D eigenvalue weighted by atomic mass is 10.2. The maximum Gasteiger partial charge on any atom is 0.294 e. The number of benzene rings is 1. The minimum absolute atomic E-state index is 0.207. The summed E-state index contributed by atoms with van der Waals surface area (Å²) in [5.41, 5.74) is 0.349. The predicted molar refractivity (Wildman–Crippen MR) is 63.7 cm³/mol. The Balaban J connectivity index is 0. The Morgan fingerprint density at radius 2 is 1.44 bits per heavy atom. The van der Waals surface area contributed by atoms with Gasteiger partial charge in [0.25, 0.3) is 10.1 Å². The van der Waals surface area contributed by atoms with Crippen LogP contribution in [-0.4, -0.2) is 13.0 Å². The molecule has 5 heteroatoms. The molecule has 1 rings (SSSR count). The van der Waals surface area contributed by atoms with Crippen LogP contribution >= 0.6 is 0 Å². The molecule has 90 valence electrons. The molecule has 0 saturated heterocycles. The third-order valence-electron chi connectivity index (χ3n) is 1.28. The van der Waals surface area contributed by atoms with Crippen LogP contribution in [0, 0.1) is 11.3 Å². The summed E-state index contributed by atoms with van der Waals surface area (Å²) in [6.45, 7) is 8.00. The molecular weight excluding hydrogens is 226 g/mol. The average molecular weight is 243 g/mol. The first-order valence-electron chi connectivity index (χ1n) is 5.02. The molecule has 0 spiro atoms. The highest BCUT2D eigenvalue weighted by atomic mass is 32.2. The van der Waals surface area contributed by atoms with Crippen molar-refractivity contribution in [1.29, 1.82) is 5.26 Å². The zero-order chi connectivity index (χ0) is 13.2. The average Bonchev–Trinajstić information content (AvgIpc) is 2.33. The molecule has 16 heavy (non-hydrogen) atoms. The molecule has 0 radical (unpaired) electrons. The van der Waals surface area contributed by atoms with E-state index >= 15 is 0 Å². The number of nitrogens with zero attached hydrogens (tertiary/aromatic N) is 1. The van der Waals surface area contributed by atoms with Crippen molar-refractivity contribution in [3.05, 3.63) is 29.8 Å². The Bertz CT molecular complexity index is 416. The molecule has 0 aliphatic carbocycles. The van der Waals surface area contributed by atoms with Crippen LogP contribution in [0.2, 0.25) is 0 Å². The second kappa shape index (κ2) is 8.89. The van der Waals surface area contributed by atoms with Crippen LogP contribution < -0.4 is 0 Å². The van der Waals surface area contributed by atoms with Gasteiger partial charge in [0, 0.05) is 0 Å². The Kier molecular flexibility index (Phi) is 9.46. The predicted octanol–water partition coefficient (Wildman–Crippen LogP) is 2.86. The van der Waals surface area contributed by atoms with Gasteiger partial charge in [-0.2, -0.15) is 13.7 Å². The zero-order valence-corrected chi connectivity index (χ0v) is 10.7. The molecule has 0 amide bonds. The second-order valence-corrected chi connectivity index (χ2v) is 3.53. The highest BCUT2D eigenvalue weighted by molar-refractivity contribution is 7.85. The molecule has 0 heterocycles. The summed E-state index contributed by atoms with van der Waals surface area (Å²) >= 11 is 0. The van der Waals surface area contributed by atoms with Crippen molar-refractivity contribution in [2.24, 2.45) is 0 Å². The first-order chi connectivity index (χ1) is 7.54. The van der Waals surface area contributed by atoms with E-state index in [-0.39, 0.29) is 4.90 Å². The fourth-order valence-corrected chi connectivity index (χ4v) is 1.18. The molecular formula is C11H17NO3S. The van der Waals surface area contributed by atoms with Gasteiger partial charge in [-0.15, -0.1) is 0 Å². The van der Waals surface area contributed by atoms with Crippen molar-refractivity contribution in [3.8, 4) is 6.07 Å². The highest BCUT2D eigenvalue weighted by Crippen LogP contribution is 2.08. The van der Waals surface area contributed by atoms with Gasteiger partial charge in [0.15, 0.2) is 0 Å². The number of hydrogen-bond acceptors (Lipinski definition) is 3. The molecule has 0 fully saturated rings. The smallest absolute Gasteiger partial charge is 0.282 e. The van der Waals surface area contributed by atoms with E-state index in [0.717, 1.165) is 0 Å². The molecule has 0 saturated carbocycles. The van der Waals surface area contributed by atoms with E-state index in [9.17, 15) is 8.42 Å². The normalized spacial score (nSPS) is 8.75. The van der Waals surface area contributed by atoms with E-state index in [0.29, 0.717) is 5.56 Å². The molecule has 0 bridgehead atoms. The molecule has 4 nitrogen and oxygen atoms in total. The van der Waals surface area contributed by atoms with Crippen LogP contribution in [0.15, 0.2) is 29.2 Å². The monoisotopic (exact) mass is 243 g/mol. The van der Waals surface area contributed by atoms with Crippen molar-refractivity contribution in [2.75, 3.05) is 0 Å². The van der Waals surface area contributed by atoms with Crippen LogP contribution in [0.25, 0.3) is 0 Å². The van der Waals surface area contributed by atoms with Gasteiger partial charge in [-0.3, -0.25) is 4.55 Å². The van der Waals surface area contributed by atoms with Crippen LogP contribution in [-0.2, 0) is 10.1 Å². The van der Waals surface area contributed by atoms with Crippen LogP contribution in [0.1, 0.15) is 33.3 Å². The molecule has 1 N–H and O–H groups in total. The maximum absolute atomic E-state index is 10.5. The molecule has 0 aromatic heterocycles. The van der Waals surface area contributed by atoms with Crippen molar-refractivity contribution in [2.45, 2.75) is 32.6 Å². The van der Waals surface area contributed by atoms with Crippen molar-refractivity contribution in [1.82, 2.24) is 0 Å². The largest absolute Gasteiger partial charge is 0.294 e. The number of rotatable bonds is 1. The van der Waals surface area contributed by atoms with E-state index in [2.05, 4.69) is 0 Å². The molecule has 0 unspecified atom stereocenters. The van der Waals surface area contributed by atoms with E-state index in [4.69, 9.17) is 9.81 Å². The summed E-state index contributed by atoms with van der Waals surface area (Å²) in [4.78, 5) is -0.207. The van der Waals surface area contributed by atoms with Crippen molar-refractivity contribution in [3.63, 3.8) is 0 Å². The highest BCUT2D eigenvalue weighted by Gasteiger charge is 2.07. The Morgan fingerprint density at radius 1 is 1.06 bits per heavy atom. The summed E-state index contributed by atoms with van der Waals surface area (Å²) in [5, 5.41) is 8.37. The topological polar surface area (TPSA) is 78.2 Å². The Morgan fingerprint density at radius 3 is 1.69 bits per heavy atom. The number of nitriles is 1. The van der Waals surface area contributed by atoms with Gasteiger partial charge in [-0.25, -0.2) is 0 Å². The summed E-state index contributed by atoms with van der Waals surface area (Å²) in [6.07, 6.45) is 0. The lowest BCUT2D eigenvalue weighted by Gasteiger charge is -1.94. The minimum atomic E-state index is -4.14. The fraction of sp³-hybridized carbons (Fsp3) is 0.364. The quantitative estimate of drug-likeness (QED) is 0.769. The van der Waals surface area contributed by atoms with E-state index in [1.807, 2.05) is 33.8 Å². The van der Waals surface area contributed by atoms with Gasteiger partial charge < -0.3 is 0 Å². The first kappa shape index (κ1) is 17.0. The van der Waals surface area contributed by atoms with Gasteiger partial charge in [-0.05, 0) is 24.3 Å². The maximum atomic E-state index is 10.5. The molecule has 0 aliphatic heterocycles. The van der Waals surface area contributed by atoms with Crippen molar-refractivity contribution < 1.29 is 13.0 Å². The summed E-state index contributed by atoms with van der Waals surface area (Å²) in [5.74, 6) is 0. The summed E-state index contributed by atoms with van der Waals surface area (Å²) in [6, 6.07) is 6.82. The van der Waals surface area contributed by atoms with E-state index in [1.54, 1.807) is 0 Å². The number of hydrogen-bond donors (Lipinski definition) is 1. The summed E-state index contributed by atoms with van der Waals surface area (Å²) in [7, 11) is -4.14. The molecule has 1 aromatic carbocycles. The minimum Gasteiger partial charge on any atom is -0.282 e. The van der Waals surface area contributed by atoms with Gasteiger partial charge in [0.2, 0.25) is 0 Å². The van der Waals surface area contributed by atoms with Gasteiger partial charge in [-0.1, -0.05) is 27.7 Å². The Hall–Kier alpha value is -1.38. The van der Waals surface area contributed by atoms with E-state index in [1.165, 1.54) is 24.3 Å². The van der Waals surface area contributed by atoms with Gasteiger partial charge in [0.1, 0.15) is 0 Å². The fourth-order valence-electron chi connectivity index (χ4n) is 0.701. The Labute approximate surface area is 97.3 Å². The SMILES string of the molecule is CC.CC.N#Cc1ccc(S(=O)(=O)O)cc1. The van der Waals surface area contributed by atoms with Crippen LogP contribution in [0.4, 0.5) is 0 Å². The summed E-state index contributed by atoms with van der Waals surface area (Å²) < 4.78 is 29.6. The first-order valence-corrected chi connectivity index (χ1v) is 6.46. The van der Waals surface area contributed by atoms with Crippen molar-refractivity contribution >= 4 is 10.1 Å². The van der Waals surface area contributed by atoms with E-state index < -0.39 is 10.1 Å². The third-order valence-corrected chi connectivity index (χ3v) is 2.15. The third kappa shape index (κ3) is 6.17. The molecule has 0 atom stereocenters. The molecule has 1 aromatic rings. The van der Waals surface area contributed by atoms with Gasteiger partial charge in [0.05, 0.1) is 16.5 Å². The molecule has 0 aliphatic rings. The van der Waals surface area contributed by atoms with Crippen LogP contribution in [0.3, 0.4) is 0 Å². The van der Waals surface area contributed by atoms with Crippen LogP contribution in [0.5, 0.6) is 0 Å².